The van der Waals surface area contributed by atoms with Crippen LogP contribution in [0.3, 0.4) is 0 Å². The molecule has 5 nitrogen and oxygen atoms in total. The van der Waals surface area contributed by atoms with Gasteiger partial charge in [-0.3, -0.25) is 4.79 Å². The molecule has 0 spiro atoms. The third-order valence-electron chi connectivity index (χ3n) is 4.07. The van der Waals surface area contributed by atoms with Gasteiger partial charge >= 0.3 is 0 Å². The Morgan fingerprint density at radius 3 is 2.19 bits per heavy atom. The first-order valence-corrected chi connectivity index (χ1v) is 8.78. The van der Waals surface area contributed by atoms with E-state index in [0.717, 1.165) is 44.3 Å². The fraction of sp³-hybridized carbons (Fsp3) is 0.533. The summed E-state index contributed by atoms with van der Waals surface area (Å²) in [7, 11) is -3.82. The van der Waals surface area contributed by atoms with Crippen molar-refractivity contribution in [2.75, 3.05) is 13.1 Å². The number of hydrogen-bond acceptors (Lipinski definition) is 3. The Labute approximate surface area is 126 Å². The molecule has 1 aliphatic rings. The minimum absolute atomic E-state index is 0.0423. The number of nitrogens with two attached hydrogens (primary N) is 1. The largest absolute Gasteiger partial charge is 0.339 e. The number of sulfonamides is 1. The first-order chi connectivity index (χ1) is 9.80. The molecule has 0 unspecified atom stereocenters. The molecular weight excluding hydrogens is 288 g/mol. The van der Waals surface area contributed by atoms with Crippen molar-refractivity contribution in [3.63, 3.8) is 0 Å². The zero-order valence-corrected chi connectivity index (χ0v) is 13.4. The Morgan fingerprint density at radius 1 is 1.10 bits per heavy atom. The summed E-state index contributed by atoms with van der Waals surface area (Å²) in [5, 5.41) is 5.25. The first-order valence-electron chi connectivity index (χ1n) is 7.24. The number of hydrogen-bond donors (Lipinski definition) is 1. The zero-order chi connectivity index (χ0) is 15.6. The van der Waals surface area contributed by atoms with Gasteiger partial charge in [0.25, 0.3) is 5.91 Å². The monoisotopic (exact) mass is 310 g/mol. The van der Waals surface area contributed by atoms with E-state index in [-0.39, 0.29) is 10.8 Å². The first kappa shape index (κ1) is 16.0. The minimum atomic E-state index is -3.82. The molecule has 1 fully saturated rings. The van der Waals surface area contributed by atoms with Gasteiger partial charge in [-0.15, -0.1) is 0 Å². The van der Waals surface area contributed by atoms with Gasteiger partial charge in [-0.1, -0.05) is 12.8 Å². The number of primary sulfonamides is 1. The lowest BCUT2D eigenvalue weighted by atomic mass is 10.1. The van der Waals surface area contributed by atoms with Gasteiger partial charge in [0.15, 0.2) is 0 Å². The van der Waals surface area contributed by atoms with E-state index in [2.05, 4.69) is 0 Å². The van der Waals surface area contributed by atoms with Crippen molar-refractivity contribution < 1.29 is 13.2 Å². The van der Waals surface area contributed by atoms with Gasteiger partial charge < -0.3 is 4.90 Å². The molecule has 0 aliphatic carbocycles. The Hall–Kier alpha value is -1.40. The number of amides is 1. The number of rotatable bonds is 2. The molecule has 0 radical (unpaired) electrons. The Kier molecular flexibility index (Phi) is 4.68. The van der Waals surface area contributed by atoms with Crippen molar-refractivity contribution in [2.45, 2.75) is 44.4 Å². The summed E-state index contributed by atoms with van der Waals surface area (Å²) in [6.07, 6.45) is 4.27. The van der Waals surface area contributed by atoms with Gasteiger partial charge in [-0.25, -0.2) is 13.6 Å². The van der Waals surface area contributed by atoms with E-state index in [4.69, 9.17) is 5.14 Å². The van der Waals surface area contributed by atoms with Crippen LogP contribution in [0.1, 0.15) is 47.2 Å². The van der Waals surface area contributed by atoms with Crippen molar-refractivity contribution in [3.8, 4) is 0 Å². The van der Waals surface area contributed by atoms with Crippen molar-refractivity contribution in [2.24, 2.45) is 5.14 Å². The summed E-state index contributed by atoms with van der Waals surface area (Å²) in [4.78, 5) is 14.4. The molecule has 1 aromatic rings. The molecule has 1 amide bonds. The summed E-state index contributed by atoms with van der Waals surface area (Å²) in [6, 6.07) is 3.15. The predicted molar refractivity (Wildman–Crippen MR) is 81.7 cm³/mol. The molecule has 0 aromatic heterocycles. The second-order valence-electron chi connectivity index (χ2n) is 5.67. The quantitative estimate of drug-likeness (QED) is 0.906. The highest BCUT2D eigenvalue weighted by atomic mass is 32.2. The SMILES string of the molecule is Cc1cc(C(=O)N2CCCCCC2)cc(S(N)(=O)=O)c1C. The second kappa shape index (κ2) is 6.15. The second-order valence-corrected chi connectivity index (χ2v) is 7.20. The molecule has 2 rings (SSSR count). The van der Waals surface area contributed by atoms with E-state index in [1.54, 1.807) is 19.9 Å². The molecule has 2 N–H and O–H groups in total. The third kappa shape index (κ3) is 3.63. The molecule has 6 heteroatoms. The lowest BCUT2D eigenvalue weighted by Gasteiger charge is -2.21. The Morgan fingerprint density at radius 2 is 1.67 bits per heavy atom. The van der Waals surface area contributed by atoms with Crippen LogP contribution in [0.2, 0.25) is 0 Å². The molecule has 0 saturated carbocycles. The van der Waals surface area contributed by atoms with Crippen LogP contribution < -0.4 is 5.14 Å². The number of carbonyl (C=O) groups is 1. The summed E-state index contributed by atoms with van der Waals surface area (Å²) < 4.78 is 23.3. The predicted octanol–water partition coefficient (Wildman–Crippen LogP) is 1.97. The third-order valence-corrected chi connectivity index (χ3v) is 5.10. The van der Waals surface area contributed by atoms with Crippen LogP contribution in [-0.2, 0) is 10.0 Å². The fourth-order valence-corrected chi connectivity index (χ4v) is 3.58. The lowest BCUT2D eigenvalue weighted by Crippen LogP contribution is -2.32. The molecule has 0 bridgehead atoms. The van der Waals surface area contributed by atoms with Gasteiger partial charge in [0, 0.05) is 18.7 Å². The van der Waals surface area contributed by atoms with Crippen LogP contribution in [-0.4, -0.2) is 32.3 Å². The molecule has 1 aromatic carbocycles. The maximum atomic E-state index is 12.6. The average Bonchev–Trinajstić information content (AvgIpc) is 2.68. The van der Waals surface area contributed by atoms with Crippen LogP contribution in [0, 0.1) is 13.8 Å². The van der Waals surface area contributed by atoms with E-state index in [0.29, 0.717) is 11.1 Å². The van der Waals surface area contributed by atoms with Gasteiger partial charge in [0.2, 0.25) is 10.0 Å². The van der Waals surface area contributed by atoms with Crippen molar-refractivity contribution in [1.82, 2.24) is 4.90 Å². The van der Waals surface area contributed by atoms with Gasteiger partial charge in [0.05, 0.1) is 4.90 Å². The molecule has 116 valence electrons. The standard InChI is InChI=1S/C15H22N2O3S/c1-11-9-13(10-14(12(11)2)21(16,19)20)15(18)17-7-5-3-4-6-8-17/h9-10H,3-8H2,1-2H3,(H2,16,19,20). The zero-order valence-electron chi connectivity index (χ0n) is 12.6. The summed E-state index contributed by atoms with van der Waals surface area (Å²) in [5.74, 6) is -0.107. The van der Waals surface area contributed by atoms with E-state index >= 15 is 0 Å². The highest BCUT2D eigenvalue weighted by Crippen LogP contribution is 2.22. The van der Waals surface area contributed by atoms with E-state index in [1.807, 2.05) is 4.90 Å². The molecule has 0 atom stereocenters. The van der Waals surface area contributed by atoms with E-state index in [1.165, 1.54) is 6.07 Å². The van der Waals surface area contributed by atoms with E-state index < -0.39 is 10.0 Å². The van der Waals surface area contributed by atoms with Crippen LogP contribution in [0.15, 0.2) is 17.0 Å². The van der Waals surface area contributed by atoms with Crippen LogP contribution in [0.4, 0.5) is 0 Å². The smallest absolute Gasteiger partial charge is 0.253 e. The van der Waals surface area contributed by atoms with Crippen LogP contribution >= 0.6 is 0 Å². The number of benzene rings is 1. The maximum Gasteiger partial charge on any atom is 0.253 e. The fourth-order valence-electron chi connectivity index (χ4n) is 2.70. The summed E-state index contributed by atoms with van der Waals surface area (Å²) >= 11 is 0. The number of likely N-dealkylation sites (tertiary alicyclic amines) is 1. The molecular formula is C15H22N2O3S. The maximum absolute atomic E-state index is 12.6. The molecule has 1 aliphatic heterocycles. The van der Waals surface area contributed by atoms with Crippen LogP contribution in [0.25, 0.3) is 0 Å². The average molecular weight is 310 g/mol. The minimum Gasteiger partial charge on any atom is -0.339 e. The number of aryl methyl sites for hydroxylation is 1. The van der Waals surface area contributed by atoms with Crippen molar-refractivity contribution in [1.29, 1.82) is 0 Å². The molecule has 1 saturated heterocycles. The van der Waals surface area contributed by atoms with E-state index in [9.17, 15) is 13.2 Å². The number of carbonyl (C=O) groups excluding carboxylic acids is 1. The van der Waals surface area contributed by atoms with Crippen molar-refractivity contribution >= 4 is 15.9 Å². The van der Waals surface area contributed by atoms with Gasteiger partial charge in [0.1, 0.15) is 0 Å². The summed E-state index contributed by atoms with van der Waals surface area (Å²) in [5.41, 5.74) is 1.77. The Bertz CT molecular complexity index is 645. The highest BCUT2D eigenvalue weighted by molar-refractivity contribution is 7.89. The van der Waals surface area contributed by atoms with Gasteiger partial charge in [-0.05, 0) is 49.9 Å². The van der Waals surface area contributed by atoms with Gasteiger partial charge in [-0.2, -0.15) is 0 Å². The van der Waals surface area contributed by atoms with Crippen molar-refractivity contribution in [3.05, 3.63) is 28.8 Å². The lowest BCUT2D eigenvalue weighted by molar-refractivity contribution is 0.0761. The highest BCUT2D eigenvalue weighted by Gasteiger charge is 2.21. The topological polar surface area (TPSA) is 80.5 Å². The summed E-state index contributed by atoms with van der Waals surface area (Å²) in [6.45, 7) is 4.96. The normalized spacial score (nSPS) is 16.6. The Balaban J connectivity index is 2.39. The van der Waals surface area contributed by atoms with Crippen LogP contribution in [0.5, 0.6) is 0 Å². The molecule has 21 heavy (non-hydrogen) atoms. The number of nitrogens with zero attached hydrogens (tertiary/aromatic N) is 1. The molecule has 1 heterocycles.